The summed E-state index contributed by atoms with van der Waals surface area (Å²) < 4.78 is 1.05. The third-order valence-electron chi connectivity index (χ3n) is 3.44. The highest BCUT2D eigenvalue weighted by Crippen LogP contribution is 2.17. The highest BCUT2D eigenvalue weighted by Gasteiger charge is 2.21. The Kier molecular flexibility index (Phi) is 5.06. The monoisotopic (exact) mass is 326 g/mol. The summed E-state index contributed by atoms with van der Waals surface area (Å²) in [6, 6.07) is 9.50. The van der Waals surface area contributed by atoms with Crippen molar-refractivity contribution in [1.29, 1.82) is 5.26 Å². The van der Waals surface area contributed by atoms with E-state index >= 15 is 0 Å². The van der Waals surface area contributed by atoms with Crippen LogP contribution in [0, 0.1) is 21.4 Å². The molecule has 0 saturated carbocycles. The number of amides is 1. The van der Waals surface area contributed by atoms with Crippen molar-refractivity contribution in [1.82, 2.24) is 4.57 Å². The van der Waals surface area contributed by atoms with E-state index in [0.29, 0.717) is 11.3 Å². The van der Waals surface area contributed by atoms with Crippen molar-refractivity contribution in [2.75, 3.05) is 5.32 Å². The Labute approximate surface area is 137 Å². The standard InChI is InChI=1S/C16H14N4O4/c1-2-14(19-10-13(20(23)24)7-8-15(19)21)16(22)18-12-5-3-11(9-17)4-6-12/h3-8,10,14H,2H2,1H3,(H,18,22). The van der Waals surface area contributed by atoms with Gasteiger partial charge in [0.05, 0.1) is 22.8 Å². The SMILES string of the molecule is CCC(C(=O)Nc1ccc(C#N)cc1)n1cc([N+](=O)[O-])ccc1=O. The van der Waals surface area contributed by atoms with Crippen molar-refractivity contribution in [3.05, 3.63) is 68.6 Å². The lowest BCUT2D eigenvalue weighted by Crippen LogP contribution is -2.32. The van der Waals surface area contributed by atoms with Crippen LogP contribution in [0.2, 0.25) is 0 Å². The normalized spacial score (nSPS) is 11.3. The van der Waals surface area contributed by atoms with E-state index in [2.05, 4.69) is 5.32 Å². The van der Waals surface area contributed by atoms with Crippen LogP contribution in [-0.4, -0.2) is 15.4 Å². The van der Waals surface area contributed by atoms with Gasteiger partial charge in [0.2, 0.25) is 5.91 Å². The Balaban J connectivity index is 2.28. The first-order chi connectivity index (χ1) is 11.5. The highest BCUT2D eigenvalue weighted by molar-refractivity contribution is 5.93. The molecule has 0 radical (unpaired) electrons. The van der Waals surface area contributed by atoms with Crippen LogP contribution in [0.1, 0.15) is 24.9 Å². The van der Waals surface area contributed by atoms with Crippen molar-refractivity contribution in [2.45, 2.75) is 19.4 Å². The van der Waals surface area contributed by atoms with E-state index < -0.39 is 22.4 Å². The van der Waals surface area contributed by atoms with Crippen LogP contribution in [0.5, 0.6) is 0 Å². The van der Waals surface area contributed by atoms with E-state index in [1.165, 1.54) is 0 Å². The van der Waals surface area contributed by atoms with Crippen molar-refractivity contribution >= 4 is 17.3 Å². The van der Waals surface area contributed by atoms with Crippen LogP contribution in [-0.2, 0) is 4.79 Å². The van der Waals surface area contributed by atoms with E-state index in [1.54, 1.807) is 31.2 Å². The van der Waals surface area contributed by atoms with E-state index in [-0.39, 0.29) is 12.1 Å². The fourth-order valence-electron chi connectivity index (χ4n) is 2.21. The molecule has 8 heteroatoms. The topological polar surface area (TPSA) is 118 Å². The van der Waals surface area contributed by atoms with Crippen molar-refractivity contribution in [3.63, 3.8) is 0 Å². The number of benzene rings is 1. The molecular formula is C16H14N4O4. The maximum absolute atomic E-state index is 12.4. The van der Waals surface area contributed by atoms with Gasteiger partial charge in [-0.25, -0.2) is 0 Å². The van der Waals surface area contributed by atoms with Gasteiger partial charge in [-0.3, -0.25) is 24.3 Å². The van der Waals surface area contributed by atoms with Gasteiger partial charge in [-0.05, 0) is 30.7 Å². The van der Waals surface area contributed by atoms with Gasteiger partial charge in [-0.1, -0.05) is 6.92 Å². The zero-order valence-electron chi connectivity index (χ0n) is 12.8. The number of hydrogen-bond donors (Lipinski definition) is 1. The number of nitriles is 1. The third-order valence-corrected chi connectivity index (χ3v) is 3.44. The lowest BCUT2D eigenvalue weighted by atomic mass is 10.1. The first-order valence-corrected chi connectivity index (χ1v) is 7.14. The maximum Gasteiger partial charge on any atom is 0.285 e. The zero-order valence-corrected chi connectivity index (χ0v) is 12.8. The Hall–Kier alpha value is -3.47. The number of carbonyl (C=O) groups is 1. The molecule has 0 aliphatic carbocycles. The summed E-state index contributed by atoms with van der Waals surface area (Å²) in [5.41, 5.74) is 0.160. The van der Waals surface area contributed by atoms with Crippen molar-refractivity contribution in [3.8, 4) is 6.07 Å². The molecule has 8 nitrogen and oxygen atoms in total. The van der Waals surface area contributed by atoms with Gasteiger partial charge < -0.3 is 5.32 Å². The van der Waals surface area contributed by atoms with E-state index in [9.17, 15) is 19.7 Å². The summed E-state index contributed by atoms with van der Waals surface area (Å²) in [4.78, 5) is 34.6. The van der Waals surface area contributed by atoms with Gasteiger partial charge in [-0.2, -0.15) is 5.26 Å². The third kappa shape index (κ3) is 3.64. The van der Waals surface area contributed by atoms with Crippen LogP contribution in [0.15, 0.2) is 47.4 Å². The molecule has 1 heterocycles. The van der Waals surface area contributed by atoms with Crippen LogP contribution in [0.4, 0.5) is 11.4 Å². The van der Waals surface area contributed by atoms with Gasteiger partial charge >= 0.3 is 0 Å². The van der Waals surface area contributed by atoms with Crippen LogP contribution < -0.4 is 10.9 Å². The van der Waals surface area contributed by atoms with Crippen LogP contribution >= 0.6 is 0 Å². The number of rotatable bonds is 5. The van der Waals surface area contributed by atoms with Crippen LogP contribution in [0.25, 0.3) is 0 Å². The van der Waals surface area contributed by atoms with Crippen LogP contribution in [0.3, 0.4) is 0 Å². The van der Waals surface area contributed by atoms with Gasteiger partial charge in [0.15, 0.2) is 0 Å². The molecule has 0 spiro atoms. The second-order valence-corrected chi connectivity index (χ2v) is 4.99. The molecule has 2 rings (SSSR count). The van der Waals surface area contributed by atoms with Crippen molar-refractivity contribution < 1.29 is 9.72 Å². The van der Waals surface area contributed by atoms with Crippen molar-refractivity contribution in [2.24, 2.45) is 0 Å². The molecule has 2 aromatic rings. The van der Waals surface area contributed by atoms with E-state index in [4.69, 9.17) is 5.26 Å². The molecular weight excluding hydrogens is 312 g/mol. The number of nitrogens with one attached hydrogen (secondary N) is 1. The molecule has 0 aliphatic rings. The summed E-state index contributed by atoms with van der Waals surface area (Å²) >= 11 is 0. The van der Waals surface area contributed by atoms with Gasteiger partial charge in [0.25, 0.3) is 11.2 Å². The fraction of sp³-hybridized carbons (Fsp3) is 0.188. The summed E-state index contributed by atoms with van der Waals surface area (Å²) in [5.74, 6) is -0.468. The first-order valence-electron chi connectivity index (χ1n) is 7.14. The quantitative estimate of drug-likeness (QED) is 0.667. The Morgan fingerprint density at radius 3 is 2.54 bits per heavy atom. The van der Waals surface area contributed by atoms with Gasteiger partial charge in [0, 0.05) is 17.8 Å². The lowest BCUT2D eigenvalue weighted by molar-refractivity contribution is -0.385. The maximum atomic E-state index is 12.4. The molecule has 0 fully saturated rings. The Morgan fingerprint density at radius 1 is 1.33 bits per heavy atom. The molecule has 1 unspecified atom stereocenters. The second-order valence-electron chi connectivity index (χ2n) is 4.99. The molecule has 1 amide bonds. The number of nitro groups is 1. The molecule has 122 valence electrons. The first kappa shape index (κ1) is 16.9. The van der Waals surface area contributed by atoms with E-state index in [0.717, 1.165) is 22.9 Å². The minimum Gasteiger partial charge on any atom is -0.324 e. The average molecular weight is 326 g/mol. The number of carbonyl (C=O) groups excluding carboxylic acids is 1. The summed E-state index contributed by atoms with van der Waals surface area (Å²) in [5, 5.41) is 22.3. The average Bonchev–Trinajstić information content (AvgIpc) is 2.57. The predicted octanol–water partition coefficient (Wildman–Crippen LogP) is 2.22. The minimum absolute atomic E-state index is 0.265. The molecule has 1 N–H and O–H groups in total. The summed E-state index contributed by atoms with van der Waals surface area (Å²) in [6.07, 6.45) is 1.35. The second kappa shape index (κ2) is 7.19. The lowest BCUT2D eigenvalue weighted by Gasteiger charge is -2.17. The molecule has 1 atom stereocenters. The number of hydrogen-bond acceptors (Lipinski definition) is 5. The zero-order chi connectivity index (χ0) is 17.7. The number of pyridine rings is 1. The minimum atomic E-state index is -0.881. The largest absolute Gasteiger partial charge is 0.324 e. The number of anilines is 1. The molecule has 24 heavy (non-hydrogen) atoms. The van der Waals surface area contributed by atoms with Gasteiger partial charge in [-0.15, -0.1) is 0 Å². The Bertz CT molecular complexity index is 865. The molecule has 0 bridgehead atoms. The predicted molar refractivity (Wildman–Crippen MR) is 86.5 cm³/mol. The highest BCUT2D eigenvalue weighted by atomic mass is 16.6. The van der Waals surface area contributed by atoms with Gasteiger partial charge in [0.1, 0.15) is 6.04 Å². The number of aromatic nitrogens is 1. The molecule has 1 aromatic heterocycles. The molecule has 0 saturated heterocycles. The molecule has 1 aromatic carbocycles. The number of nitrogens with zero attached hydrogens (tertiary/aromatic N) is 3. The Morgan fingerprint density at radius 2 is 2.00 bits per heavy atom. The summed E-state index contributed by atoms with van der Waals surface area (Å²) in [6.45, 7) is 1.70. The summed E-state index contributed by atoms with van der Waals surface area (Å²) in [7, 11) is 0. The van der Waals surface area contributed by atoms with E-state index in [1.807, 2.05) is 6.07 Å². The fourth-order valence-corrected chi connectivity index (χ4v) is 2.21. The smallest absolute Gasteiger partial charge is 0.285 e. The molecule has 0 aliphatic heterocycles.